The highest BCUT2D eigenvalue weighted by atomic mass is 16.5. The Morgan fingerprint density at radius 3 is 2.39 bits per heavy atom. The van der Waals surface area contributed by atoms with Crippen LogP contribution in [0.2, 0.25) is 0 Å². The fourth-order valence-electron chi connectivity index (χ4n) is 5.74. The molecule has 4 heteroatoms. The van der Waals surface area contributed by atoms with Crippen LogP contribution in [0.5, 0.6) is 5.75 Å². The zero-order valence-electron chi connectivity index (χ0n) is 23.4. The van der Waals surface area contributed by atoms with Gasteiger partial charge in [0.05, 0.1) is 24.2 Å². The van der Waals surface area contributed by atoms with Crippen molar-refractivity contribution in [3.63, 3.8) is 0 Å². The lowest BCUT2D eigenvalue weighted by Gasteiger charge is -2.36. The molecule has 2 aromatic rings. The number of hydrogen-bond donors (Lipinski definition) is 0. The van der Waals surface area contributed by atoms with Gasteiger partial charge >= 0.3 is 5.97 Å². The maximum absolute atomic E-state index is 11.2. The molecule has 204 valence electrons. The van der Waals surface area contributed by atoms with Crippen LogP contribution in [0.1, 0.15) is 102 Å². The Balaban J connectivity index is 1.57. The van der Waals surface area contributed by atoms with E-state index in [9.17, 15) is 10.1 Å². The number of esters is 1. The van der Waals surface area contributed by atoms with Gasteiger partial charge in [-0.15, -0.1) is 0 Å². The molecule has 0 aromatic heterocycles. The van der Waals surface area contributed by atoms with Gasteiger partial charge in [-0.25, -0.2) is 4.79 Å². The first-order valence-corrected chi connectivity index (χ1v) is 14.6. The fraction of sp³-hybridized carbons (Fsp3) is 0.529. The molecule has 2 aromatic carbocycles. The van der Waals surface area contributed by atoms with Crippen molar-refractivity contribution in [3.8, 4) is 22.9 Å². The van der Waals surface area contributed by atoms with Gasteiger partial charge in [0.1, 0.15) is 5.75 Å². The number of ether oxygens (including phenoxy) is 2. The van der Waals surface area contributed by atoms with E-state index >= 15 is 0 Å². The number of rotatable bonds is 15. The first-order valence-electron chi connectivity index (χ1n) is 14.6. The minimum atomic E-state index is -0.377. The number of hydrogen-bond acceptors (Lipinski definition) is 4. The van der Waals surface area contributed by atoms with Gasteiger partial charge in [0.15, 0.2) is 0 Å². The number of carbonyl (C=O) groups excluding carboxylic acids is 1. The normalized spacial score (nSPS) is 19.8. The Morgan fingerprint density at radius 1 is 1.05 bits per heavy atom. The van der Waals surface area contributed by atoms with E-state index in [0.717, 1.165) is 57.1 Å². The minimum absolute atomic E-state index is 0.102. The topological polar surface area (TPSA) is 59.3 Å². The molecule has 4 nitrogen and oxygen atoms in total. The van der Waals surface area contributed by atoms with Gasteiger partial charge in [-0.3, -0.25) is 0 Å². The standard InChI is InChI=1S/C34H45NO3/c1-4-7-8-22-34(26-35)23-9-12-30(25-34)29-16-14-27(15-17-29)28-18-20-32(21-19-28)38-31(11-5-2)13-10-24-37-33(36)6-3/h6,14-21,30-31H,3-5,7-13,22-25H2,1-2H3. The van der Waals surface area contributed by atoms with E-state index in [1.807, 2.05) is 12.1 Å². The number of nitrogens with zero attached hydrogens (tertiary/aromatic N) is 1. The number of benzene rings is 2. The molecule has 0 spiro atoms. The SMILES string of the molecule is C=CC(=O)OCCCC(CCC)Oc1ccc(-c2ccc(C3CCCC(C#N)(CCCCC)C3)cc2)cc1. The molecule has 0 radical (unpaired) electrons. The summed E-state index contributed by atoms with van der Waals surface area (Å²) in [5.41, 5.74) is 3.59. The van der Waals surface area contributed by atoms with Gasteiger partial charge in [-0.2, -0.15) is 5.26 Å². The van der Waals surface area contributed by atoms with Gasteiger partial charge in [0.2, 0.25) is 0 Å². The molecular weight excluding hydrogens is 470 g/mol. The highest BCUT2D eigenvalue weighted by molar-refractivity contribution is 5.81. The van der Waals surface area contributed by atoms with E-state index in [1.165, 1.54) is 48.4 Å². The average Bonchev–Trinajstić information content (AvgIpc) is 2.96. The maximum Gasteiger partial charge on any atom is 0.330 e. The smallest absolute Gasteiger partial charge is 0.330 e. The quantitative estimate of drug-likeness (QED) is 0.135. The summed E-state index contributed by atoms with van der Waals surface area (Å²) in [5, 5.41) is 10.0. The molecule has 0 saturated heterocycles. The summed E-state index contributed by atoms with van der Waals surface area (Å²) in [7, 11) is 0. The molecular formula is C34H45NO3. The zero-order valence-corrected chi connectivity index (χ0v) is 23.4. The average molecular weight is 516 g/mol. The van der Waals surface area contributed by atoms with Crippen LogP contribution in [0.15, 0.2) is 61.2 Å². The van der Waals surface area contributed by atoms with Gasteiger partial charge < -0.3 is 9.47 Å². The third kappa shape index (κ3) is 8.76. The van der Waals surface area contributed by atoms with Crippen LogP contribution >= 0.6 is 0 Å². The van der Waals surface area contributed by atoms with Crippen LogP contribution in [0.3, 0.4) is 0 Å². The van der Waals surface area contributed by atoms with Crippen LogP contribution < -0.4 is 4.74 Å². The first kappa shape index (κ1) is 29.5. The molecule has 38 heavy (non-hydrogen) atoms. The van der Waals surface area contributed by atoms with Crippen molar-refractivity contribution in [2.45, 2.75) is 103 Å². The van der Waals surface area contributed by atoms with Crippen molar-refractivity contribution in [1.82, 2.24) is 0 Å². The van der Waals surface area contributed by atoms with Crippen LogP contribution in [0.25, 0.3) is 11.1 Å². The summed E-state index contributed by atoms with van der Waals surface area (Å²) in [4.78, 5) is 11.2. The number of carbonyl (C=O) groups is 1. The van der Waals surface area contributed by atoms with Crippen molar-refractivity contribution < 1.29 is 14.3 Å². The molecule has 3 rings (SSSR count). The van der Waals surface area contributed by atoms with Crippen LogP contribution in [-0.2, 0) is 9.53 Å². The van der Waals surface area contributed by atoms with Crippen molar-refractivity contribution in [1.29, 1.82) is 5.26 Å². The van der Waals surface area contributed by atoms with Crippen LogP contribution in [0.4, 0.5) is 0 Å². The zero-order chi connectivity index (χ0) is 27.2. The lowest BCUT2D eigenvalue weighted by molar-refractivity contribution is -0.137. The predicted molar refractivity (Wildman–Crippen MR) is 155 cm³/mol. The Labute approximate surface area is 230 Å². The molecule has 1 aliphatic rings. The molecule has 0 bridgehead atoms. The monoisotopic (exact) mass is 515 g/mol. The van der Waals surface area contributed by atoms with E-state index in [4.69, 9.17) is 9.47 Å². The largest absolute Gasteiger partial charge is 0.490 e. The van der Waals surface area contributed by atoms with Crippen molar-refractivity contribution in [2.24, 2.45) is 5.41 Å². The Bertz CT molecular complexity index is 1040. The van der Waals surface area contributed by atoms with E-state index in [2.05, 4.69) is 62.9 Å². The van der Waals surface area contributed by atoms with Gasteiger partial charge in [-0.05, 0) is 79.7 Å². The number of nitriles is 1. The molecule has 0 aliphatic heterocycles. The van der Waals surface area contributed by atoms with Gasteiger partial charge in [0.25, 0.3) is 0 Å². The summed E-state index contributed by atoms with van der Waals surface area (Å²) in [6, 6.07) is 20.0. The molecule has 3 atom stereocenters. The third-order valence-electron chi connectivity index (χ3n) is 7.91. The van der Waals surface area contributed by atoms with E-state index in [0.29, 0.717) is 12.5 Å². The summed E-state index contributed by atoms with van der Waals surface area (Å²) in [5.74, 6) is 0.966. The van der Waals surface area contributed by atoms with Crippen LogP contribution in [-0.4, -0.2) is 18.7 Å². The lowest BCUT2D eigenvalue weighted by Crippen LogP contribution is -2.26. The highest BCUT2D eigenvalue weighted by Crippen LogP contribution is 2.46. The van der Waals surface area contributed by atoms with Gasteiger partial charge in [0, 0.05) is 6.08 Å². The molecule has 0 N–H and O–H groups in total. The molecule has 0 heterocycles. The second kappa shape index (κ2) is 15.4. The fourth-order valence-corrected chi connectivity index (χ4v) is 5.74. The lowest BCUT2D eigenvalue weighted by atomic mass is 9.66. The molecule has 1 aliphatic carbocycles. The van der Waals surface area contributed by atoms with E-state index in [-0.39, 0.29) is 17.5 Å². The second-order valence-corrected chi connectivity index (χ2v) is 10.8. The predicted octanol–water partition coefficient (Wildman–Crippen LogP) is 9.16. The minimum Gasteiger partial charge on any atom is -0.490 e. The Hall–Kier alpha value is -3.06. The summed E-state index contributed by atoms with van der Waals surface area (Å²) < 4.78 is 11.3. The third-order valence-corrected chi connectivity index (χ3v) is 7.91. The van der Waals surface area contributed by atoms with E-state index in [1.54, 1.807) is 0 Å². The van der Waals surface area contributed by atoms with Gasteiger partial charge in [-0.1, -0.05) is 88.9 Å². The summed E-state index contributed by atoms with van der Waals surface area (Å²) >= 11 is 0. The molecule has 1 fully saturated rings. The first-order chi connectivity index (χ1) is 18.5. The molecule has 3 unspecified atom stereocenters. The van der Waals surface area contributed by atoms with E-state index < -0.39 is 0 Å². The molecule has 0 amide bonds. The summed E-state index contributed by atoms with van der Waals surface area (Å²) in [6.45, 7) is 8.19. The highest BCUT2D eigenvalue weighted by Gasteiger charge is 2.36. The number of unbranched alkanes of at least 4 members (excludes halogenated alkanes) is 2. The summed E-state index contributed by atoms with van der Waals surface area (Å²) in [6.07, 6.45) is 13.9. The van der Waals surface area contributed by atoms with Crippen molar-refractivity contribution >= 4 is 5.97 Å². The van der Waals surface area contributed by atoms with Crippen LogP contribution in [0, 0.1) is 16.7 Å². The maximum atomic E-state index is 11.2. The Morgan fingerprint density at radius 2 is 1.76 bits per heavy atom. The van der Waals surface area contributed by atoms with Crippen molar-refractivity contribution in [2.75, 3.05) is 6.61 Å². The van der Waals surface area contributed by atoms with Crippen molar-refractivity contribution in [3.05, 3.63) is 66.7 Å². The Kier molecular flexibility index (Phi) is 11.9. The molecule has 1 saturated carbocycles. The second-order valence-electron chi connectivity index (χ2n) is 10.8.